The second-order valence-corrected chi connectivity index (χ2v) is 7.98. The predicted molar refractivity (Wildman–Crippen MR) is 117 cm³/mol. The normalized spacial score (nSPS) is 10.4. The summed E-state index contributed by atoms with van der Waals surface area (Å²) in [5, 5.41) is 3.57. The van der Waals surface area contributed by atoms with Gasteiger partial charge in [0.15, 0.2) is 6.61 Å². The predicted octanol–water partition coefficient (Wildman–Crippen LogP) is 5.87. The number of amides is 1. The number of nitrogens with one attached hydrogen (secondary N) is 1. The lowest BCUT2D eigenvalue weighted by atomic mass is 10.1. The molecule has 3 rings (SSSR count). The SMILES string of the molecule is O=C(COC(=O)Cc1ccc(Cl)c(Cl)c1)Nc1ccccc1Sc1ccccc1. The molecule has 0 aromatic heterocycles. The lowest BCUT2D eigenvalue weighted by molar-refractivity contribution is -0.146. The molecule has 148 valence electrons. The highest BCUT2D eigenvalue weighted by Crippen LogP contribution is 2.33. The lowest BCUT2D eigenvalue weighted by Gasteiger charge is -2.11. The number of benzene rings is 3. The number of para-hydroxylation sites is 1. The molecule has 0 unspecified atom stereocenters. The molecule has 0 radical (unpaired) electrons. The van der Waals surface area contributed by atoms with Crippen molar-refractivity contribution in [1.29, 1.82) is 0 Å². The summed E-state index contributed by atoms with van der Waals surface area (Å²) < 4.78 is 5.07. The second-order valence-electron chi connectivity index (χ2n) is 6.05. The van der Waals surface area contributed by atoms with Crippen molar-refractivity contribution >= 4 is 52.5 Å². The van der Waals surface area contributed by atoms with Crippen LogP contribution in [0.1, 0.15) is 5.56 Å². The first-order valence-electron chi connectivity index (χ1n) is 8.72. The fraction of sp³-hybridized carbons (Fsp3) is 0.0909. The number of anilines is 1. The zero-order chi connectivity index (χ0) is 20.6. The van der Waals surface area contributed by atoms with E-state index >= 15 is 0 Å². The molecule has 0 aliphatic carbocycles. The minimum Gasteiger partial charge on any atom is -0.455 e. The van der Waals surface area contributed by atoms with Crippen LogP contribution >= 0.6 is 35.0 Å². The zero-order valence-corrected chi connectivity index (χ0v) is 17.6. The van der Waals surface area contributed by atoms with Crippen LogP contribution < -0.4 is 5.32 Å². The minimum atomic E-state index is -0.523. The van der Waals surface area contributed by atoms with Crippen molar-refractivity contribution in [1.82, 2.24) is 0 Å². The van der Waals surface area contributed by atoms with Gasteiger partial charge in [0.2, 0.25) is 0 Å². The summed E-state index contributed by atoms with van der Waals surface area (Å²) in [5.74, 6) is -0.931. The van der Waals surface area contributed by atoms with E-state index < -0.39 is 11.9 Å². The number of hydrogen-bond donors (Lipinski definition) is 1. The molecule has 0 fully saturated rings. The Labute approximate surface area is 183 Å². The highest BCUT2D eigenvalue weighted by atomic mass is 35.5. The molecule has 0 saturated carbocycles. The molecule has 3 aromatic carbocycles. The Balaban J connectivity index is 1.54. The third-order valence-electron chi connectivity index (χ3n) is 3.83. The molecular formula is C22H17Cl2NO3S. The summed E-state index contributed by atoms with van der Waals surface area (Å²) in [6.07, 6.45) is 0.00458. The Morgan fingerprint density at radius 3 is 2.38 bits per heavy atom. The molecular weight excluding hydrogens is 429 g/mol. The molecule has 0 spiro atoms. The van der Waals surface area contributed by atoms with Gasteiger partial charge in [-0.05, 0) is 42.0 Å². The van der Waals surface area contributed by atoms with E-state index in [1.54, 1.807) is 24.3 Å². The standard InChI is InChI=1S/C22H17Cl2NO3S/c23-17-11-10-15(12-18(17)24)13-22(27)28-14-21(26)25-19-8-4-5-9-20(19)29-16-6-2-1-3-7-16/h1-12H,13-14H2,(H,25,26). The fourth-order valence-electron chi connectivity index (χ4n) is 2.47. The highest BCUT2D eigenvalue weighted by Gasteiger charge is 2.12. The van der Waals surface area contributed by atoms with Gasteiger partial charge in [0.05, 0.1) is 22.2 Å². The van der Waals surface area contributed by atoms with Crippen LogP contribution in [-0.2, 0) is 20.7 Å². The average molecular weight is 446 g/mol. The van der Waals surface area contributed by atoms with Crippen LogP contribution in [0.2, 0.25) is 10.0 Å². The van der Waals surface area contributed by atoms with Gasteiger partial charge >= 0.3 is 5.97 Å². The summed E-state index contributed by atoms with van der Waals surface area (Å²) in [6.45, 7) is -0.371. The molecule has 7 heteroatoms. The molecule has 0 aliphatic heterocycles. The van der Waals surface area contributed by atoms with Crippen molar-refractivity contribution in [3.63, 3.8) is 0 Å². The first kappa shape index (κ1) is 21.2. The van der Waals surface area contributed by atoms with Crippen molar-refractivity contribution in [2.75, 3.05) is 11.9 Å². The van der Waals surface area contributed by atoms with Gasteiger partial charge in [-0.2, -0.15) is 0 Å². The number of ether oxygens (including phenoxy) is 1. The Morgan fingerprint density at radius 2 is 1.62 bits per heavy atom. The van der Waals surface area contributed by atoms with Crippen LogP contribution in [0.5, 0.6) is 0 Å². The minimum absolute atomic E-state index is 0.00458. The summed E-state index contributed by atoms with van der Waals surface area (Å²) in [6, 6.07) is 22.2. The summed E-state index contributed by atoms with van der Waals surface area (Å²) in [4.78, 5) is 26.2. The lowest BCUT2D eigenvalue weighted by Crippen LogP contribution is -2.21. The summed E-state index contributed by atoms with van der Waals surface area (Å²) in [5.41, 5.74) is 1.32. The van der Waals surface area contributed by atoms with E-state index in [9.17, 15) is 9.59 Å². The molecule has 29 heavy (non-hydrogen) atoms. The fourth-order valence-corrected chi connectivity index (χ4v) is 3.72. The first-order valence-corrected chi connectivity index (χ1v) is 10.3. The van der Waals surface area contributed by atoms with E-state index in [0.717, 1.165) is 9.79 Å². The van der Waals surface area contributed by atoms with Gasteiger partial charge in [0.1, 0.15) is 0 Å². The monoisotopic (exact) mass is 445 g/mol. The second kappa shape index (κ2) is 10.3. The van der Waals surface area contributed by atoms with Gasteiger partial charge < -0.3 is 10.1 Å². The van der Waals surface area contributed by atoms with Gasteiger partial charge in [-0.1, -0.05) is 71.4 Å². The molecule has 0 aliphatic rings. The maximum Gasteiger partial charge on any atom is 0.310 e. The number of carbonyl (C=O) groups excluding carboxylic acids is 2. The van der Waals surface area contributed by atoms with Gasteiger partial charge in [-0.25, -0.2) is 0 Å². The van der Waals surface area contributed by atoms with E-state index in [1.165, 1.54) is 11.8 Å². The van der Waals surface area contributed by atoms with E-state index in [0.29, 0.717) is 21.3 Å². The zero-order valence-electron chi connectivity index (χ0n) is 15.2. The third kappa shape index (κ3) is 6.53. The van der Waals surface area contributed by atoms with E-state index in [2.05, 4.69) is 5.32 Å². The Hall–Kier alpha value is -2.47. The number of halogens is 2. The van der Waals surface area contributed by atoms with Crippen LogP contribution in [0.3, 0.4) is 0 Å². The van der Waals surface area contributed by atoms with Crippen LogP contribution in [0.25, 0.3) is 0 Å². The molecule has 0 heterocycles. The molecule has 1 N–H and O–H groups in total. The van der Waals surface area contributed by atoms with Gasteiger partial charge in [-0.3, -0.25) is 9.59 Å². The molecule has 0 bridgehead atoms. The molecule has 0 saturated heterocycles. The van der Waals surface area contributed by atoms with Crippen molar-refractivity contribution < 1.29 is 14.3 Å². The quantitative estimate of drug-likeness (QED) is 0.462. The van der Waals surface area contributed by atoms with Crippen LogP contribution in [0.4, 0.5) is 5.69 Å². The number of esters is 1. The summed E-state index contributed by atoms with van der Waals surface area (Å²) in [7, 11) is 0. The molecule has 3 aromatic rings. The number of hydrogen-bond acceptors (Lipinski definition) is 4. The Morgan fingerprint density at radius 1 is 0.897 bits per heavy atom. The van der Waals surface area contributed by atoms with Crippen molar-refractivity contribution in [2.45, 2.75) is 16.2 Å². The number of rotatable bonds is 7. The molecule has 1 amide bonds. The van der Waals surface area contributed by atoms with Gasteiger partial charge in [-0.15, -0.1) is 0 Å². The maximum absolute atomic E-state index is 12.2. The van der Waals surface area contributed by atoms with Gasteiger partial charge in [0, 0.05) is 9.79 Å². The average Bonchev–Trinajstić information content (AvgIpc) is 2.71. The smallest absolute Gasteiger partial charge is 0.310 e. The largest absolute Gasteiger partial charge is 0.455 e. The summed E-state index contributed by atoms with van der Waals surface area (Å²) >= 11 is 13.3. The maximum atomic E-state index is 12.2. The topological polar surface area (TPSA) is 55.4 Å². The van der Waals surface area contributed by atoms with Crippen molar-refractivity contribution in [3.8, 4) is 0 Å². The van der Waals surface area contributed by atoms with Crippen LogP contribution in [0, 0.1) is 0 Å². The van der Waals surface area contributed by atoms with Crippen LogP contribution in [-0.4, -0.2) is 18.5 Å². The molecule has 0 atom stereocenters. The Kier molecular flexibility index (Phi) is 7.58. The van der Waals surface area contributed by atoms with E-state index in [4.69, 9.17) is 27.9 Å². The Bertz CT molecular complexity index is 1010. The van der Waals surface area contributed by atoms with Crippen LogP contribution in [0.15, 0.2) is 82.6 Å². The van der Waals surface area contributed by atoms with Gasteiger partial charge in [0.25, 0.3) is 5.91 Å². The highest BCUT2D eigenvalue weighted by molar-refractivity contribution is 7.99. The van der Waals surface area contributed by atoms with E-state index in [1.807, 2.05) is 48.5 Å². The third-order valence-corrected chi connectivity index (χ3v) is 5.65. The first-order chi connectivity index (χ1) is 14.0. The number of carbonyl (C=O) groups is 2. The van der Waals surface area contributed by atoms with Crippen molar-refractivity contribution in [2.24, 2.45) is 0 Å². The molecule has 4 nitrogen and oxygen atoms in total. The van der Waals surface area contributed by atoms with Crippen molar-refractivity contribution in [3.05, 3.63) is 88.4 Å². The van der Waals surface area contributed by atoms with E-state index in [-0.39, 0.29) is 13.0 Å².